The van der Waals surface area contributed by atoms with Crippen LogP contribution in [0.2, 0.25) is 0 Å². The molecule has 84 valence electrons. The van der Waals surface area contributed by atoms with E-state index in [9.17, 15) is 0 Å². The molecule has 0 fully saturated rings. The Bertz CT molecular complexity index is 453. The largest absolute Gasteiger partial charge is 0.330 e. The molecular formula is C11H12BrN3S. The third-order valence-electron chi connectivity index (χ3n) is 2.15. The molecule has 0 saturated carbocycles. The van der Waals surface area contributed by atoms with Crippen molar-refractivity contribution in [1.29, 1.82) is 0 Å². The first-order valence-electron chi connectivity index (χ1n) is 5.08. The maximum absolute atomic E-state index is 5.46. The van der Waals surface area contributed by atoms with Gasteiger partial charge in [0.1, 0.15) is 10.0 Å². The van der Waals surface area contributed by atoms with Gasteiger partial charge in [-0.15, -0.1) is 10.2 Å². The smallest absolute Gasteiger partial charge is 0.147 e. The van der Waals surface area contributed by atoms with Gasteiger partial charge in [-0.1, -0.05) is 39.4 Å². The summed E-state index contributed by atoms with van der Waals surface area (Å²) in [5.41, 5.74) is 6.57. The summed E-state index contributed by atoms with van der Waals surface area (Å²) in [7, 11) is 0. The number of benzene rings is 1. The predicted molar refractivity (Wildman–Crippen MR) is 70.4 cm³/mol. The molecule has 0 spiro atoms. The first kappa shape index (κ1) is 11.7. The Morgan fingerprint density at radius 1 is 1.19 bits per heavy atom. The van der Waals surface area contributed by atoms with Crippen LogP contribution in [0.15, 0.2) is 28.7 Å². The highest BCUT2D eigenvalue weighted by Gasteiger charge is 2.05. The number of aromatic nitrogens is 2. The van der Waals surface area contributed by atoms with Crippen LogP contribution in [-0.4, -0.2) is 16.7 Å². The number of hydrogen-bond donors (Lipinski definition) is 1. The van der Waals surface area contributed by atoms with E-state index in [0.29, 0.717) is 6.54 Å². The Morgan fingerprint density at radius 2 is 1.94 bits per heavy atom. The number of nitrogens with zero attached hydrogens (tertiary/aromatic N) is 2. The normalized spacial score (nSPS) is 10.6. The Kier molecular flexibility index (Phi) is 4.04. The van der Waals surface area contributed by atoms with Gasteiger partial charge < -0.3 is 5.73 Å². The molecule has 1 aromatic carbocycles. The fourth-order valence-electron chi connectivity index (χ4n) is 1.32. The Labute approximate surface area is 107 Å². The number of rotatable bonds is 4. The molecule has 16 heavy (non-hydrogen) atoms. The van der Waals surface area contributed by atoms with Crippen molar-refractivity contribution < 1.29 is 0 Å². The molecule has 0 aliphatic heterocycles. The van der Waals surface area contributed by atoms with Crippen molar-refractivity contribution in [2.45, 2.75) is 12.8 Å². The molecule has 3 nitrogen and oxygen atoms in total. The maximum Gasteiger partial charge on any atom is 0.147 e. The minimum absolute atomic E-state index is 0.702. The van der Waals surface area contributed by atoms with Crippen LogP contribution in [0.3, 0.4) is 0 Å². The van der Waals surface area contributed by atoms with Gasteiger partial charge in [-0.2, -0.15) is 0 Å². The summed E-state index contributed by atoms with van der Waals surface area (Å²) < 4.78 is 1.07. The van der Waals surface area contributed by atoms with Gasteiger partial charge in [0.15, 0.2) is 0 Å². The zero-order valence-corrected chi connectivity index (χ0v) is 11.1. The van der Waals surface area contributed by atoms with Gasteiger partial charge in [-0.25, -0.2) is 0 Å². The van der Waals surface area contributed by atoms with Crippen LogP contribution < -0.4 is 5.73 Å². The van der Waals surface area contributed by atoms with E-state index >= 15 is 0 Å². The second-order valence-electron chi connectivity index (χ2n) is 3.40. The highest BCUT2D eigenvalue weighted by atomic mass is 79.9. The fourth-order valence-corrected chi connectivity index (χ4v) is 2.47. The molecule has 1 aromatic heterocycles. The van der Waals surface area contributed by atoms with Crippen LogP contribution in [0.5, 0.6) is 0 Å². The van der Waals surface area contributed by atoms with Crippen LogP contribution in [0, 0.1) is 0 Å². The second kappa shape index (κ2) is 5.52. The number of halogens is 1. The van der Waals surface area contributed by atoms with Crippen molar-refractivity contribution in [2.24, 2.45) is 5.73 Å². The van der Waals surface area contributed by atoms with Gasteiger partial charge in [0, 0.05) is 16.5 Å². The third-order valence-corrected chi connectivity index (χ3v) is 3.71. The van der Waals surface area contributed by atoms with Crippen molar-refractivity contribution in [3.8, 4) is 10.6 Å². The summed E-state index contributed by atoms with van der Waals surface area (Å²) in [6, 6.07) is 8.10. The van der Waals surface area contributed by atoms with E-state index in [1.807, 2.05) is 24.3 Å². The van der Waals surface area contributed by atoms with E-state index in [1.165, 1.54) is 0 Å². The first-order chi connectivity index (χ1) is 7.79. The first-order valence-corrected chi connectivity index (χ1v) is 6.69. The lowest BCUT2D eigenvalue weighted by atomic mass is 10.2. The molecule has 2 N–H and O–H groups in total. The summed E-state index contributed by atoms with van der Waals surface area (Å²) in [6.45, 7) is 0.702. The van der Waals surface area contributed by atoms with Crippen molar-refractivity contribution in [1.82, 2.24) is 10.2 Å². The molecule has 0 amide bonds. The summed E-state index contributed by atoms with van der Waals surface area (Å²) >= 11 is 5.05. The summed E-state index contributed by atoms with van der Waals surface area (Å²) in [5, 5.41) is 10.4. The molecule has 0 aliphatic rings. The van der Waals surface area contributed by atoms with Crippen LogP contribution >= 0.6 is 27.3 Å². The van der Waals surface area contributed by atoms with Gasteiger partial charge in [0.25, 0.3) is 0 Å². The van der Waals surface area contributed by atoms with Crippen molar-refractivity contribution in [2.75, 3.05) is 6.54 Å². The average molecular weight is 298 g/mol. The molecule has 2 aromatic rings. The molecule has 2 rings (SSSR count). The van der Waals surface area contributed by atoms with Crippen LogP contribution in [0.25, 0.3) is 10.6 Å². The number of aryl methyl sites for hydroxylation is 1. The molecule has 1 heterocycles. The highest BCUT2D eigenvalue weighted by Crippen LogP contribution is 2.25. The van der Waals surface area contributed by atoms with Crippen LogP contribution in [0.4, 0.5) is 0 Å². The Hall–Kier alpha value is -0.780. The minimum atomic E-state index is 0.702. The molecular weight excluding hydrogens is 286 g/mol. The minimum Gasteiger partial charge on any atom is -0.330 e. The molecule has 0 unspecified atom stereocenters. The average Bonchev–Trinajstić information content (AvgIpc) is 2.76. The zero-order chi connectivity index (χ0) is 11.4. The number of hydrogen-bond acceptors (Lipinski definition) is 4. The van der Waals surface area contributed by atoms with Gasteiger partial charge in [0.2, 0.25) is 0 Å². The van der Waals surface area contributed by atoms with E-state index < -0.39 is 0 Å². The number of nitrogens with two attached hydrogens (primary N) is 1. The zero-order valence-electron chi connectivity index (χ0n) is 8.69. The van der Waals surface area contributed by atoms with E-state index in [0.717, 1.165) is 32.9 Å². The summed E-state index contributed by atoms with van der Waals surface area (Å²) in [4.78, 5) is 0. The Morgan fingerprint density at radius 3 is 2.62 bits per heavy atom. The quantitative estimate of drug-likeness (QED) is 0.944. The molecule has 0 saturated heterocycles. The molecule has 0 radical (unpaired) electrons. The maximum atomic E-state index is 5.46. The molecule has 0 aliphatic carbocycles. The Balaban J connectivity index is 2.15. The molecule has 5 heteroatoms. The van der Waals surface area contributed by atoms with Gasteiger partial charge >= 0.3 is 0 Å². The van der Waals surface area contributed by atoms with Crippen molar-refractivity contribution in [3.05, 3.63) is 33.7 Å². The summed E-state index contributed by atoms with van der Waals surface area (Å²) in [5.74, 6) is 0. The van der Waals surface area contributed by atoms with Crippen LogP contribution in [-0.2, 0) is 6.42 Å². The van der Waals surface area contributed by atoms with Crippen molar-refractivity contribution in [3.63, 3.8) is 0 Å². The monoisotopic (exact) mass is 297 g/mol. The lowest BCUT2D eigenvalue weighted by Crippen LogP contribution is -1.99. The van der Waals surface area contributed by atoms with Gasteiger partial charge in [-0.3, -0.25) is 0 Å². The fraction of sp³-hybridized carbons (Fsp3) is 0.273. The summed E-state index contributed by atoms with van der Waals surface area (Å²) in [6.07, 6.45) is 1.89. The van der Waals surface area contributed by atoms with E-state index in [2.05, 4.69) is 26.1 Å². The standard InChI is InChI=1S/C11H12BrN3S/c12-9-5-3-8(4-6-9)11-15-14-10(16-11)2-1-7-13/h3-6H,1-2,7,13H2. The lowest BCUT2D eigenvalue weighted by Gasteiger charge is -1.94. The van der Waals surface area contributed by atoms with Gasteiger partial charge in [0.05, 0.1) is 0 Å². The molecule has 0 bridgehead atoms. The van der Waals surface area contributed by atoms with E-state index in [1.54, 1.807) is 11.3 Å². The van der Waals surface area contributed by atoms with Gasteiger partial charge in [-0.05, 0) is 25.1 Å². The van der Waals surface area contributed by atoms with E-state index in [4.69, 9.17) is 5.73 Å². The highest BCUT2D eigenvalue weighted by molar-refractivity contribution is 9.10. The van der Waals surface area contributed by atoms with Crippen LogP contribution in [0.1, 0.15) is 11.4 Å². The third kappa shape index (κ3) is 2.87. The molecule has 0 atom stereocenters. The predicted octanol–water partition coefficient (Wildman–Crippen LogP) is 2.86. The van der Waals surface area contributed by atoms with E-state index in [-0.39, 0.29) is 0 Å². The SMILES string of the molecule is NCCCc1nnc(-c2ccc(Br)cc2)s1. The van der Waals surface area contributed by atoms with Crippen molar-refractivity contribution >= 4 is 27.3 Å². The lowest BCUT2D eigenvalue weighted by molar-refractivity contribution is 0.812. The second-order valence-corrected chi connectivity index (χ2v) is 5.38. The topological polar surface area (TPSA) is 51.8 Å².